The average molecular weight is 285 g/mol. The molecule has 110 valence electrons. The molecular formula is C18H20FNO. The molecule has 0 bridgehead atoms. The Morgan fingerprint density at radius 3 is 2.43 bits per heavy atom. The molecule has 0 aromatic heterocycles. The van der Waals surface area contributed by atoms with Crippen molar-refractivity contribution in [3.63, 3.8) is 0 Å². The monoisotopic (exact) mass is 285 g/mol. The lowest BCUT2D eigenvalue weighted by Crippen LogP contribution is -2.29. The van der Waals surface area contributed by atoms with Crippen molar-refractivity contribution in [1.82, 2.24) is 0 Å². The van der Waals surface area contributed by atoms with Crippen LogP contribution in [-0.4, -0.2) is 12.1 Å². The first-order valence-corrected chi connectivity index (χ1v) is 7.40. The van der Waals surface area contributed by atoms with Crippen molar-refractivity contribution >= 4 is 0 Å². The van der Waals surface area contributed by atoms with Gasteiger partial charge >= 0.3 is 0 Å². The fraction of sp³-hybridized carbons (Fsp3) is 0.333. The lowest BCUT2D eigenvalue weighted by Gasteiger charge is -2.23. The Bertz CT molecular complexity index is 570. The van der Waals surface area contributed by atoms with E-state index >= 15 is 0 Å². The largest absolute Gasteiger partial charge is 0.373 e. The molecule has 0 aliphatic heterocycles. The zero-order chi connectivity index (χ0) is 14.7. The second kappa shape index (κ2) is 6.37. The molecule has 1 aliphatic rings. The van der Waals surface area contributed by atoms with Gasteiger partial charge in [0.25, 0.3) is 0 Å². The Morgan fingerprint density at radius 2 is 1.71 bits per heavy atom. The maximum atomic E-state index is 13.1. The van der Waals surface area contributed by atoms with Crippen LogP contribution >= 0.6 is 0 Å². The van der Waals surface area contributed by atoms with Gasteiger partial charge in [0.05, 0.1) is 12.7 Å². The molecule has 0 saturated heterocycles. The maximum Gasteiger partial charge on any atom is 0.123 e. The van der Waals surface area contributed by atoms with Crippen molar-refractivity contribution in [2.75, 3.05) is 0 Å². The summed E-state index contributed by atoms with van der Waals surface area (Å²) in [6.07, 6.45) is 2.00. The van der Waals surface area contributed by atoms with Crippen LogP contribution in [0.25, 0.3) is 0 Å². The summed E-state index contributed by atoms with van der Waals surface area (Å²) in [5.74, 6) is -0.0682. The van der Waals surface area contributed by atoms with E-state index in [0.717, 1.165) is 24.0 Å². The first-order chi connectivity index (χ1) is 10.2. The summed E-state index contributed by atoms with van der Waals surface area (Å²) in [6, 6.07) is 16.8. The summed E-state index contributed by atoms with van der Waals surface area (Å²) in [7, 11) is 0. The van der Waals surface area contributed by atoms with E-state index in [1.165, 1.54) is 12.1 Å². The van der Waals surface area contributed by atoms with Gasteiger partial charge in [0.15, 0.2) is 0 Å². The predicted octanol–water partition coefficient (Wildman–Crippen LogP) is 3.62. The van der Waals surface area contributed by atoms with Gasteiger partial charge in [-0.15, -0.1) is 0 Å². The zero-order valence-electron chi connectivity index (χ0n) is 11.9. The van der Waals surface area contributed by atoms with Gasteiger partial charge in [0.2, 0.25) is 0 Å². The van der Waals surface area contributed by atoms with E-state index in [0.29, 0.717) is 6.61 Å². The Kier molecular flexibility index (Phi) is 4.32. The summed E-state index contributed by atoms with van der Waals surface area (Å²) in [5.41, 5.74) is 8.47. The van der Waals surface area contributed by atoms with Gasteiger partial charge in [0.1, 0.15) is 5.82 Å². The van der Waals surface area contributed by atoms with Crippen molar-refractivity contribution in [3.8, 4) is 0 Å². The van der Waals surface area contributed by atoms with Crippen LogP contribution in [-0.2, 0) is 11.3 Å². The summed E-state index contributed by atoms with van der Waals surface area (Å²) >= 11 is 0. The molecule has 2 nitrogen and oxygen atoms in total. The number of ether oxygens (including phenoxy) is 1. The normalized spacial score (nSPS) is 25.1. The van der Waals surface area contributed by atoms with Crippen molar-refractivity contribution < 1.29 is 9.13 Å². The van der Waals surface area contributed by atoms with Crippen molar-refractivity contribution in [1.29, 1.82) is 0 Å². The maximum absolute atomic E-state index is 13.1. The van der Waals surface area contributed by atoms with Crippen LogP contribution in [0.2, 0.25) is 0 Å². The lowest BCUT2D eigenvalue weighted by atomic mass is 9.93. The number of hydrogen-bond donors (Lipinski definition) is 1. The topological polar surface area (TPSA) is 35.2 Å². The molecular weight excluding hydrogens is 265 g/mol. The highest BCUT2D eigenvalue weighted by atomic mass is 19.1. The highest BCUT2D eigenvalue weighted by Gasteiger charge is 2.35. The molecule has 21 heavy (non-hydrogen) atoms. The molecule has 1 fully saturated rings. The number of halogens is 1. The Labute approximate surface area is 124 Å². The predicted molar refractivity (Wildman–Crippen MR) is 81.4 cm³/mol. The minimum atomic E-state index is -0.216. The van der Waals surface area contributed by atoms with Gasteiger partial charge in [-0.1, -0.05) is 42.5 Å². The van der Waals surface area contributed by atoms with E-state index in [1.54, 1.807) is 0 Å². The van der Waals surface area contributed by atoms with Crippen LogP contribution < -0.4 is 5.73 Å². The molecule has 0 spiro atoms. The second-order valence-electron chi connectivity index (χ2n) is 5.65. The average Bonchev–Trinajstić information content (AvgIpc) is 2.88. The Hall–Kier alpha value is -1.71. The van der Waals surface area contributed by atoms with Crippen LogP contribution in [0.3, 0.4) is 0 Å². The van der Waals surface area contributed by atoms with Gasteiger partial charge in [-0.05, 0) is 36.1 Å². The number of benzene rings is 2. The molecule has 2 aromatic carbocycles. The molecule has 2 aromatic rings. The highest BCUT2D eigenvalue weighted by Crippen LogP contribution is 2.36. The molecule has 0 radical (unpaired) electrons. The standard InChI is InChI=1S/C18H20FNO/c19-15-8-6-14(7-9-15)18-16(20)10-11-17(18)21-12-13-4-2-1-3-5-13/h1-9,16-18H,10-12,20H2/t16?,17-,18+/m1/s1. The molecule has 1 unspecified atom stereocenters. The third-order valence-corrected chi connectivity index (χ3v) is 4.21. The molecule has 3 atom stereocenters. The van der Waals surface area contributed by atoms with E-state index in [-0.39, 0.29) is 23.9 Å². The fourth-order valence-electron chi connectivity index (χ4n) is 3.10. The minimum Gasteiger partial charge on any atom is -0.373 e. The van der Waals surface area contributed by atoms with Crippen LogP contribution in [0, 0.1) is 5.82 Å². The first-order valence-electron chi connectivity index (χ1n) is 7.40. The van der Waals surface area contributed by atoms with Crippen LogP contribution in [0.15, 0.2) is 54.6 Å². The molecule has 1 saturated carbocycles. The van der Waals surface area contributed by atoms with Crippen LogP contribution in [0.4, 0.5) is 4.39 Å². The molecule has 3 rings (SSSR count). The van der Waals surface area contributed by atoms with E-state index in [1.807, 2.05) is 30.3 Å². The number of rotatable bonds is 4. The quantitative estimate of drug-likeness (QED) is 0.931. The Balaban J connectivity index is 1.70. The van der Waals surface area contributed by atoms with E-state index in [2.05, 4.69) is 12.1 Å². The third kappa shape index (κ3) is 3.31. The smallest absolute Gasteiger partial charge is 0.123 e. The van der Waals surface area contributed by atoms with Crippen LogP contribution in [0.5, 0.6) is 0 Å². The van der Waals surface area contributed by atoms with Gasteiger partial charge in [-0.2, -0.15) is 0 Å². The third-order valence-electron chi connectivity index (χ3n) is 4.21. The van der Waals surface area contributed by atoms with Gasteiger partial charge < -0.3 is 10.5 Å². The highest BCUT2D eigenvalue weighted by molar-refractivity contribution is 5.25. The number of hydrogen-bond acceptors (Lipinski definition) is 2. The summed E-state index contributed by atoms with van der Waals surface area (Å²) in [4.78, 5) is 0. The molecule has 0 amide bonds. The van der Waals surface area contributed by atoms with Crippen molar-refractivity contribution in [2.45, 2.75) is 37.5 Å². The molecule has 3 heteroatoms. The summed E-state index contributed by atoms with van der Waals surface area (Å²) in [5, 5.41) is 0. The SMILES string of the molecule is NC1CC[C@@H](OCc2ccccc2)[C@H]1c1ccc(F)cc1. The van der Waals surface area contributed by atoms with E-state index in [4.69, 9.17) is 10.5 Å². The van der Waals surface area contributed by atoms with E-state index < -0.39 is 0 Å². The Morgan fingerprint density at radius 1 is 1.00 bits per heavy atom. The molecule has 1 aliphatic carbocycles. The van der Waals surface area contributed by atoms with Gasteiger partial charge in [-0.25, -0.2) is 4.39 Å². The second-order valence-corrected chi connectivity index (χ2v) is 5.65. The lowest BCUT2D eigenvalue weighted by molar-refractivity contribution is 0.0329. The van der Waals surface area contributed by atoms with Crippen LogP contribution in [0.1, 0.15) is 29.9 Å². The zero-order valence-corrected chi connectivity index (χ0v) is 11.9. The summed E-state index contributed by atoms with van der Waals surface area (Å²) < 4.78 is 19.2. The summed E-state index contributed by atoms with van der Waals surface area (Å²) in [6.45, 7) is 0.593. The van der Waals surface area contributed by atoms with Crippen molar-refractivity contribution in [2.24, 2.45) is 5.73 Å². The van der Waals surface area contributed by atoms with Crippen molar-refractivity contribution in [3.05, 3.63) is 71.5 Å². The van der Waals surface area contributed by atoms with Gasteiger partial charge in [0, 0.05) is 12.0 Å². The molecule has 2 N–H and O–H groups in total. The number of nitrogens with two attached hydrogens (primary N) is 1. The molecule has 0 heterocycles. The fourth-order valence-corrected chi connectivity index (χ4v) is 3.10. The minimum absolute atomic E-state index is 0.0798. The first kappa shape index (κ1) is 14.2. The van der Waals surface area contributed by atoms with Gasteiger partial charge in [-0.3, -0.25) is 0 Å². The van der Waals surface area contributed by atoms with E-state index in [9.17, 15) is 4.39 Å².